The number of fused-ring (bicyclic) bond motifs is 1. The van der Waals surface area contributed by atoms with Crippen LogP contribution in [0.5, 0.6) is 0 Å². The van der Waals surface area contributed by atoms with E-state index in [0.29, 0.717) is 22.5 Å². The van der Waals surface area contributed by atoms with E-state index in [-0.39, 0.29) is 40.0 Å². The molecule has 4 N–H and O–H groups in total. The Morgan fingerprint density at radius 2 is 0.932 bits per heavy atom. The number of rotatable bonds is 10. The van der Waals surface area contributed by atoms with Crippen molar-refractivity contribution in [1.29, 1.82) is 0 Å². The van der Waals surface area contributed by atoms with Gasteiger partial charge in [0.1, 0.15) is 0 Å². The van der Waals surface area contributed by atoms with E-state index >= 15 is 0 Å². The van der Waals surface area contributed by atoms with E-state index in [1.807, 2.05) is 86.6 Å². The van der Waals surface area contributed by atoms with Crippen molar-refractivity contribution >= 4 is 46.9 Å². The Bertz CT molecular complexity index is 2470. The molecule has 7 rings (SSSR count). The molecule has 0 fully saturated rings. The first-order valence-corrected chi connectivity index (χ1v) is 18.9. The van der Waals surface area contributed by atoms with Crippen molar-refractivity contribution < 1.29 is 33.9 Å². The van der Waals surface area contributed by atoms with Gasteiger partial charge in [-0.15, -0.1) is 0 Å². The molecule has 1 aliphatic heterocycles. The number of nitrogens with one attached hydrogen (secondary N) is 3. The number of benzene rings is 6. The molecule has 59 heavy (non-hydrogen) atoms. The maximum atomic E-state index is 12.5. The number of hydrogen-bond acceptors (Lipinski definition) is 6. The molecular weight excluding hydrogens is 745 g/mol. The van der Waals surface area contributed by atoms with Crippen LogP contribution in [0.4, 0.5) is 11.4 Å². The quantitative estimate of drug-likeness (QED) is 0.101. The first-order chi connectivity index (χ1) is 28.5. The summed E-state index contributed by atoms with van der Waals surface area (Å²) in [4.78, 5) is 73.4. The molecule has 298 valence electrons. The van der Waals surface area contributed by atoms with Gasteiger partial charge in [-0.25, -0.2) is 4.79 Å². The van der Waals surface area contributed by atoms with Crippen LogP contribution in [0.1, 0.15) is 98.2 Å². The molecule has 0 saturated heterocycles. The Labute approximate surface area is 342 Å². The van der Waals surface area contributed by atoms with Gasteiger partial charge < -0.3 is 21.1 Å². The third-order valence-electron chi connectivity index (χ3n) is 9.26. The molecule has 1 aliphatic rings. The standard InChI is InChI=1S/C23H20N2O4.C23H18N2O3.C2H6/c1-24-22(27)19-12-9-17(14-20(19)23(28)29)21(26)25-18-10-7-16(8-11-18)13-15-5-3-2-4-6-15;1-25-22(27)19-12-9-17(14-20(19)23(25)28)21(26)24-18-10-7-16(8-11-18)13-15-5-3-2-4-6-15;1-2/h2-12,14H,13H2,1H3,(H,24,27)(H,25,26)(H,28,29);2-12,14H,13H2,1H3,(H,24,26);1-2H3. The van der Waals surface area contributed by atoms with E-state index in [1.165, 1.54) is 55.6 Å². The number of amides is 5. The molecule has 5 amide bonds. The lowest BCUT2D eigenvalue weighted by atomic mass is 10.0. The molecular formula is C48H44N4O7. The number of carbonyl (C=O) groups excluding carboxylic acids is 5. The van der Waals surface area contributed by atoms with E-state index in [2.05, 4.69) is 40.2 Å². The zero-order valence-corrected chi connectivity index (χ0v) is 33.1. The average molecular weight is 789 g/mol. The minimum Gasteiger partial charge on any atom is -0.478 e. The summed E-state index contributed by atoms with van der Waals surface area (Å²) >= 11 is 0. The van der Waals surface area contributed by atoms with Crippen LogP contribution >= 0.6 is 0 Å². The summed E-state index contributed by atoms with van der Waals surface area (Å²) in [6, 6.07) is 43.9. The third kappa shape index (κ3) is 10.8. The Kier molecular flexibility index (Phi) is 14.4. The fourth-order valence-corrected chi connectivity index (χ4v) is 6.18. The van der Waals surface area contributed by atoms with Crippen LogP contribution in [0.15, 0.2) is 146 Å². The number of anilines is 2. The first-order valence-electron chi connectivity index (χ1n) is 18.9. The Balaban J connectivity index is 0.000000215. The minimum atomic E-state index is -1.27. The summed E-state index contributed by atoms with van der Waals surface area (Å²) in [7, 11) is 2.84. The van der Waals surface area contributed by atoms with Crippen LogP contribution in [0.2, 0.25) is 0 Å². The predicted octanol–water partition coefficient (Wildman–Crippen LogP) is 8.37. The van der Waals surface area contributed by atoms with Crippen LogP contribution in [0, 0.1) is 0 Å². The highest BCUT2D eigenvalue weighted by Gasteiger charge is 2.33. The second-order valence-electron chi connectivity index (χ2n) is 13.2. The lowest BCUT2D eigenvalue weighted by Crippen LogP contribution is -2.24. The van der Waals surface area contributed by atoms with Crippen molar-refractivity contribution in [3.8, 4) is 0 Å². The highest BCUT2D eigenvalue weighted by Crippen LogP contribution is 2.24. The summed E-state index contributed by atoms with van der Waals surface area (Å²) in [5.74, 6) is -3.31. The summed E-state index contributed by atoms with van der Waals surface area (Å²) in [6.07, 6.45) is 1.61. The molecule has 0 atom stereocenters. The van der Waals surface area contributed by atoms with E-state index in [1.54, 1.807) is 18.2 Å². The number of hydrogen-bond donors (Lipinski definition) is 4. The zero-order chi connectivity index (χ0) is 42.5. The van der Waals surface area contributed by atoms with Gasteiger partial charge in [0.05, 0.1) is 22.3 Å². The van der Waals surface area contributed by atoms with Crippen LogP contribution in [-0.4, -0.2) is 59.6 Å². The largest absolute Gasteiger partial charge is 0.478 e. The second kappa shape index (κ2) is 20.0. The van der Waals surface area contributed by atoms with Crippen molar-refractivity contribution in [2.24, 2.45) is 0 Å². The minimum absolute atomic E-state index is 0.00168. The maximum absolute atomic E-state index is 12.5. The van der Waals surface area contributed by atoms with E-state index < -0.39 is 17.8 Å². The molecule has 0 saturated carbocycles. The molecule has 0 aromatic heterocycles. The van der Waals surface area contributed by atoms with Gasteiger partial charge >= 0.3 is 5.97 Å². The normalized spacial score (nSPS) is 11.2. The Morgan fingerprint density at radius 3 is 1.39 bits per heavy atom. The summed E-state index contributed by atoms with van der Waals surface area (Å²) < 4.78 is 0. The molecule has 11 nitrogen and oxygen atoms in total. The topological polar surface area (TPSA) is 162 Å². The molecule has 0 radical (unpaired) electrons. The van der Waals surface area contributed by atoms with Crippen molar-refractivity contribution in [1.82, 2.24) is 10.2 Å². The van der Waals surface area contributed by atoms with Crippen molar-refractivity contribution in [2.45, 2.75) is 26.7 Å². The lowest BCUT2D eigenvalue weighted by molar-refractivity contribution is 0.0680. The number of aromatic carboxylic acids is 1. The number of imide groups is 1. The third-order valence-corrected chi connectivity index (χ3v) is 9.26. The van der Waals surface area contributed by atoms with E-state index in [0.717, 1.165) is 28.9 Å². The smallest absolute Gasteiger partial charge is 0.336 e. The fourth-order valence-electron chi connectivity index (χ4n) is 6.18. The first kappa shape index (κ1) is 42.5. The van der Waals surface area contributed by atoms with E-state index in [4.69, 9.17) is 0 Å². The summed E-state index contributed by atoms with van der Waals surface area (Å²) in [5, 5.41) is 17.3. The summed E-state index contributed by atoms with van der Waals surface area (Å²) in [6.45, 7) is 4.00. The number of nitrogens with zero attached hydrogens (tertiary/aromatic N) is 1. The maximum Gasteiger partial charge on any atom is 0.336 e. The molecule has 0 aliphatic carbocycles. The van der Waals surface area contributed by atoms with Gasteiger partial charge in [0.2, 0.25) is 0 Å². The molecule has 1 heterocycles. The van der Waals surface area contributed by atoms with Crippen LogP contribution < -0.4 is 16.0 Å². The fraction of sp³-hybridized carbons (Fsp3) is 0.125. The highest BCUT2D eigenvalue weighted by molar-refractivity contribution is 6.22. The zero-order valence-electron chi connectivity index (χ0n) is 33.1. The van der Waals surface area contributed by atoms with Gasteiger partial charge in [-0.3, -0.25) is 28.9 Å². The van der Waals surface area contributed by atoms with Gasteiger partial charge in [-0.2, -0.15) is 0 Å². The number of carboxylic acid groups (broad SMARTS) is 1. The van der Waals surface area contributed by atoms with Gasteiger partial charge in [0.25, 0.3) is 29.5 Å². The average Bonchev–Trinajstić information content (AvgIpc) is 3.48. The molecule has 11 heteroatoms. The van der Waals surface area contributed by atoms with Crippen molar-refractivity contribution in [2.75, 3.05) is 24.7 Å². The lowest BCUT2D eigenvalue weighted by Gasteiger charge is -2.09. The molecule has 0 unspecified atom stereocenters. The molecule has 0 bridgehead atoms. The van der Waals surface area contributed by atoms with Crippen molar-refractivity contribution in [3.63, 3.8) is 0 Å². The van der Waals surface area contributed by atoms with Gasteiger partial charge in [0, 0.05) is 36.6 Å². The van der Waals surface area contributed by atoms with Crippen molar-refractivity contribution in [3.05, 3.63) is 201 Å². The van der Waals surface area contributed by atoms with Crippen LogP contribution in [-0.2, 0) is 12.8 Å². The molecule has 0 spiro atoms. The number of carboxylic acids is 1. The van der Waals surface area contributed by atoms with E-state index in [9.17, 15) is 33.9 Å². The number of carbonyl (C=O) groups is 6. The monoisotopic (exact) mass is 788 g/mol. The predicted molar refractivity (Wildman–Crippen MR) is 228 cm³/mol. The van der Waals surface area contributed by atoms with Gasteiger partial charge in [-0.05, 0) is 95.8 Å². The Morgan fingerprint density at radius 1 is 0.508 bits per heavy atom. The highest BCUT2D eigenvalue weighted by atomic mass is 16.4. The van der Waals surface area contributed by atoms with Crippen LogP contribution in [0.3, 0.4) is 0 Å². The Hall–Kier alpha value is -7.66. The van der Waals surface area contributed by atoms with Crippen LogP contribution in [0.25, 0.3) is 0 Å². The van der Waals surface area contributed by atoms with Gasteiger partial charge in [0.15, 0.2) is 0 Å². The second-order valence-corrected chi connectivity index (χ2v) is 13.2. The summed E-state index contributed by atoms with van der Waals surface area (Å²) in [5.41, 5.74) is 6.80. The molecule has 6 aromatic carbocycles. The SMILES string of the molecule is CC.CN1C(=O)c2ccc(C(=O)Nc3ccc(Cc4ccccc4)cc3)cc2C1=O.CNC(=O)c1ccc(C(=O)Nc2ccc(Cc3ccccc3)cc2)cc1C(=O)O. The van der Waals surface area contributed by atoms with Gasteiger partial charge in [-0.1, -0.05) is 98.8 Å². The molecule has 6 aromatic rings.